The summed E-state index contributed by atoms with van der Waals surface area (Å²) in [5, 5.41) is 3.46. The fraction of sp³-hybridized carbons (Fsp3) is 0.600. The number of nitrogens with one attached hydrogen (secondary N) is 1. The van der Waals surface area contributed by atoms with Gasteiger partial charge in [0, 0.05) is 19.1 Å². The molecule has 2 heterocycles. The predicted molar refractivity (Wildman–Crippen MR) is 70.9 cm³/mol. The van der Waals surface area contributed by atoms with Gasteiger partial charge in [-0.1, -0.05) is 19.1 Å². The molecule has 0 saturated carbocycles. The minimum Gasteiger partial charge on any atom is -0.316 e. The van der Waals surface area contributed by atoms with Gasteiger partial charge >= 0.3 is 0 Å². The van der Waals surface area contributed by atoms with E-state index in [-0.39, 0.29) is 5.82 Å². The third kappa shape index (κ3) is 2.17. The van der Waals surface area contributed by atoms with Gasteiger partial charge in [0.05, 0.1) is 0 Å². The van der Waals surface area contributed by atoms with Crippen LogP contribution in [0.25, 0.3) is 0 Å². The van der Waals surface area contributed by atoms with Crippen LogP contribution in [0.2, 0.25) is 0 Å². The van der Waals surface area contributed by atoms with Gasteiger partial charge in [-0.15, -0.1) is 0 Å². The maximum Gasteiger partial charge on any atom is 0.123 e. The molecule has 0 aliphatic carbocycles. The highest BCUT2D eigenvalue weighted by Gasteiger charge is 2.38. The lowest BCUT2D eigenvalue weighted by Gasteiger charge is -2.28. The average Bonchev–Trinajstić information content (AvgIpc) is 2.91. The number of nitrogens with zero attached hydrogens (tertiary/aromatic N) is 1. The van der Waals surface area contributed by atoms with Crippen LogP contribution >= 0.6 is 0 Å². The first kappa shape index (κ1) is 12.1. The Labute approximate surface area is 108 Å². The quantitative estimate of drug-likeness (QED) is 0.884. The molecule has 2 nitrogen and oxygen atoms in total. The van der Waals surface area contributed by atoms with Gasteiger partial charge in [-0.05, 0) is 49.0 Å². The van der Waals surface area contributed by atoms with Crippen LogP contribution in [-0.4, -0.2) is 31.1 Å². The number of hydrogen-bond acceptors (Lipinski definition) is 2. The summed E-state index contributed by atoms with van der Waals surface area (Å²) in [6.45, 7) is 6.82. The third-order valence-corrected chi connectivity index (χ3v) is 4.48. The molecule has 3 unspecified atom stereocenters. The summed E-state index contributed by atoms with van der Waals surface area (Å²) in [6.07, 6.45) is 1.05. The lowest BCUT2D eigenvalue weighted by atomic mass is 10.0. The van der Waals surface area contributed by atoms with Crippen LogP contribution < -0.4 is 5.32 Å². The summed E-state index contributed by atoms with van der Waals surface area (Å²) in [5.41, 5.74) is 1.13. The molecule has 3 atom stereocenters. The van der Waals surface area contributed by atoms with Crippen LogP contribution in [0.5, 0.6) is 0 Å². The summed E-state index contributed by atoms with van der Waals surface area (Å²) in [5.74, 6) is 1.48. The zero-order valence-electron chi connectivity index (χ0n) is 10.9. The van der Waals surface area contributed by atoms with Crippen molar-refractivity contribution in [3.63, 3.8) is 0 Å². The Balaban J connectivity index is 1.77. The van der Waals surface area contributed by atoms with E-state index in [1.807, 2.05) is 6.07 Å². The lowest BCUT2D eigenvalue weighted by molar-refractivity contribution is 0.222. The van der Waals surface area contributed by atoms with Crippen molar-refractivity contribution in [1.29, 1.82) is 0 Å². The highest BCUT2D eigenvalue weighted by Crippen LogP contribution is 2.34. The van der Waals surface area contributed by atoms with Crippen molar-refractivity contribution < 1.29 is 4.39 Å². The predicted octanol–water partition coefficient (Wildman–Crippen LogP) is 2.43. The zero-order valence-corrected chi connectivity index (χ0v) is 10.9. The molecular formula is C15H21FN2. The topological polar surface area (TPSA) is 15.3 Å². The molecule has 1 aromatic rings. The highest BCUT2D eigenvalue weighted by molar-refractivity contribution is 5.20. The molecule has 1 aromatic carbocycles. The molecular weight excluding hydrogens is 227 g/mol. The fourth-order valence-corrected chi connectivity index (χ4v) is 3.56. The molecule has 2 aliphatic rings. The van der Waals surface area contributed by atoms with Crippen LogP contribution in [0, 0.1) is 17.7 Å². The molecule has 0 aromatic heterocycles. The smallest absolute Gasteiger partial charge is 0.123 e. The van der Waals surface area contributed by atoms with Crippen LogP contribution in [0.1, 0.15) is 24.9 Å². The van der Waals surface area contributed by atoms with Crippen molar-refractivity contribution in [1.82, 2.24) is 10.2 Å². The van der Waals surface area contributed by atoms with Crippen molar-refractivity contribution in [2.75, 3.05) is 26.2 Å². The Bertz CT molecular complexity index is 409. The maximum absolute atomic E-state index is 13.4. The first-order chi connectivity index (χ1) is 8.78. The molecule has 0 bridgehead atoms. The Kier molecular flexibility index (Phi) is 3.35. The number of hydrogen-bond donors (Lipinski definition) is 1. The van der Waals surface area contributed by atoms with Gasteiger partial charge in [0.15, 0.2) is 0 Å². The van der Waals surface area contributed by atoms with Crippen LogP contribution in [0.15, 0.2) is 24.3 Å². The monoisotopic (exact) mass is 248 g/mol. The van der Waals surface area contributed by atoms with Crippen LogP contribution in [-0.2, 0) is 0 Å². The summed E-state index contributed by atoms with van der Waals surface area (Å²) < 4.78 is 13.4. The molecule has 2 fully saturated rings. The Morgan fingerprint density at radius 1 is 1.33 bits per heavy atom. The summed E-state index contributed by atoms with van der Waals surface area (Å²) in [6, 6.07) is 7.49. The Morgan fingerprint density at radius 3 is 2.67 bits per heavy atom. The molecule has 0 radical (unpaired) electrons. The SMILES string of the molecule is CCC(c1cccc(F)c1)N1CC2CNCC2C1. The second kappa shape index (κ2) is 4.98. The van der Waals surface area contributed by atoms with Crippen molar-refractivity contribution in [3.8, 4) is 0 Å². The normalized spacial score (nSPS) is 29.4. The van der Waals surface area contributed by atoms with Gasteiger partial charge in [-0.3, -0.25) is 4.90 Å². The van der Waals surface area contributed by atoms with E-state index < -0.39 is 0 Å². The van der Waals surface area contributed by atoms with Crippen molar-refractivity contribution in [3.05, 3.63) is 35.6 Å². The number of halogens is 1. The van der Waals surface area contributed by atoms with E-state index in [4.69, 9.17) is 0 Å². The van der Waals surface area contributed by atoms with Gasteiger partial charge in [0.25, 0.3) is 0 Å². The highest BCUT2D eigenvalue weighted by atomic mass is 19.1. The minimum atomic E-state index is -0.119. The van der Waals surface area contributed by atoms with Gasteiger partial charge in [0.2, 0.25) is 0 Å². The fourth-order valence-electron chi connectivity index (χ4n) is 3.56. The van der Waals surface area contributed by atoms with Gasteiger partial charge in [-0.25, -0.2) is 4.39 Å². The van der Waals surface area contributed by atoms with Crippen molar-refractivity contribution in [2.45, 2.75) is 19.4 Å². The molecule has 1 N–H and O–H groups in total. The molecule has 0 spiro atoms. The van der Waals surface area contributed by atoms with Gasteiger partial charge in [-0.2, -0.15) is 0 Å². The van der Waals surface area contributed by atoms with Gasteiger partial charge in [0.1, 0.15) is 5.82 Å². The summed E-state index contributed by atoms with van der Waals surface area (Å²) in [4.78, 5) is 2.55. The molecule has 2 saturated heterocycles. The van der Waals surface area contributed by atoms with E-state index in [1.54, 1.807) is 6.07 Å². The molecule has 2 aliphatic heterocycles. The zero-order chi connectivity index (χ0) is 12.5. The number of likely N-dealkylation sites (tertiary alicyclic amines) is 1. The lowest BCUT2D eigenvalue weighted by Crippen LogP contribution is -2.29. The van der Waals surface area contributed by atoms with Gasteiger partial charge < -0.3 is 5.32 Å². The van der Waals surface area contributed by atoms with Crippen LogP contribution in [0.4, 0.5) is 4.39 Å². The molecule has 0 amide bonds. The maximum atomic E-state index is 13.4. The standard InChI is InChI=1S/C15H21FN2/c1-2-15(11-4-3-5-14(16)6-11)18-9-12-7-17-8-13(12)10-18/h3-6,12-13,15,17H,2,7-10H2,1H3. The second-order valence-corrected chi connectivity index (χ2v) is 5.61. The van der Waals surface area contributed by atoms with E-state index in [2.05, 4.69) is 23.2 Å². The number of benzene rings is 1. The largest absolute Gasteiger partial charge is 0.316 e. The van der Waals surface area contributed by atoms with E-state index >= 15 is 0 Å². The Morgan fingerprint density at radius 2 is 2.06 bits per heavy atom. The van der Waals surface area contributed by atoms with Crippen molar-refractivity contribution >= 4 is 0 Å². The van der Waals surface area contributed by atoms with E-state index in [1.165, 1.54) is 6.07 Å². The minimum absolute atomic E-state index is 0.119. The Hall–Kier alpha value is -0.930. The summed E-state index contributed by atoms with van der Waals surface area (Å²) >= 11 is 0. The van der Waals surface area contributed by atoms with E-state index in [0.717, 1.165) is 50.0 Å². The van der Waals surface area contributed by atoms with E-state index in [0.29, 0.717) is 6.04 Å². The van der Waals surface area contributed by atoms with Crippen LogP contribution in [0.3, 0.4) is 0 Å². The number of rotatable bonds is 3. The molecule has 3 heteroatoms. The second-order valence-electron chi connectivity index (χ2n) is 5.61. The average molecular weight is 248 g/mol. The van der Waals surface area contributed by atoms with E-state index in [9.17, 15) is 4.39 Å². The summed E-state index contributed by atoms with van der Waals surface area (Å²) in [7, 11) is 0. The molecule has 98 valence electrons. The molecule has 18 heavy (non-hydrogen) atoms. The first-order valence-corrected chi connectivity index (χ1v) is 6.98. The third-order valence-electron chi connectivity index (χ3n) is 4.48. The van der Waals surface area contributed by atoms with Crippen molar-refractivity contribution in [2.24, 2.45) is 11.8 Å². The number of fused-ring (bicyclic) bond motifs is 1. The molecule has 3 rings (SSSR count). The first-order valence-electron chi connectivity index (χ1n) is 6.98.